The third-order valence-corrected chi connectivity index (χ3v) is 6.61. The maximum Gasteiger partial charge on any atom is 0.335 e. The number of nitrogens with one attached hydrogen (secondary N) is 1. The number of hydrogen-bond acceptors (Lipinski definition) is 3. The van der Waals surface area contributed by atoms with Crippen LogP contribution in [0.5, 0.6) is 0 Å². The number of hydrogen-bond donors (Lipinski definition) is 2. The molecule has 0 aliphatic carbocycles. The first kappa shape index (κ1) is 21.6. The van der Waals surface area contributed by atoms with E-state index in [-0.39, 0.29) is 5.56 Å². The van der Waals surface area contributed by atoms with Gasteiger partial charge in [-0.25, -0.2) is 13.2 Å². The molecule has 3 aromatic carbocycles. The summed E-state index contributed by atoms with van der Waals surface area (Å²) in [7, 11) is -3.71. The highest BCUT2D eigenvalue weighted by Crippen LogP contribution is 2.25. The van der Waals surface area contributed by atoms with E-state index in [0.717, 1.165) is 27.8 Å². The Hall–Kier alpha value is -3.12. The van der Waals surface area contributed by atoms with Crippen molar-refractivity contribution in [2.24, 2.45) is 0 Å². The van der Waals surface area contributed by atoms with Crippen LogP contribution in [-0.2, 0) is 22.9 Å². The van der Waals surface area contributed by atoms with Crippen LogP contribution in [0.15, 0.2) is 65.6 Å². The highest BCUT2D eigenvalue weighted by Gasteiger charge is 2.20. The van der Waals surface area contributed by atoms with Crippen molar-refractivity contribution in [1.82, 2.24) is 0 Å². The van der Waals surface area contributed by atoms with E-state index in [9.17, 15) is 13.2 Å². The molecule has 0 aromatic heterocycles. The first-order valence-electron chi connectivity index (χ1n) is 9.67. The molecule has 6 heteroatoms. The molecule has 5 nitrogen and oxygen atoms in total. The topological polar surface area (TPSA) is 83.5 Å². The average Bonchev–Trinajstić information content (AvgIpc) is 2.65. The highest BCUT2D eigenvalue weighted by atomic mass is 32.2. The molecule has 0 heterocycles. The van der Waals surface area contributed by atoms with Gasteiger partial charge in [0, 0.05) is 5.69 Å². The molecule has 3 rings (SSSR count). The van der Waals surface area contributed by atoms with Crippen molar-refractivity contribution in [2.45, 2.75) is 38.5 Å². The van der Waals surface area contributed by atoms with Crippen LogP contribution in [-0.4, -0.2) is 19.5 Å². The van der Waals surface area contributed by atoms with Gasteiger partial charge in [-0.2, -0.15) is 0 Å². The van der Waals surface area contributed by atoms with Crippen molar-refractivity contribution in [3.63, 3.8) is 0 Å². The first-order chi connectivity index (χ1) is 14.2. The van der Waals surface area contributed by atoms with Crippen molar-refractivity contribution < 1.29 is 18.3 Å². The van der Waals surface area contributed by atoms with Gasteiger partial charge >= 0.3 is 5.97 Å². The smallest absolute Gasteiger partial charge is 0.335 e. The SMILES string of the molecule is Cc1cc(C)c(S(=O)(=O)Nc2cccc(CCc3cccc(C(=O)O)c3)c2)c(C)c1. The van der Waals surface area contributed by atoms with Crippen LogP contribution in [0.3, 0.4) is 0 Å². The maximum absolute atomic E-state index is 13.0. The fourth-order valence-electron chi connectivity index (χ4n) is 3.74. The molecule has 0 saturated carbocycles. The number of carboxylic acid groups (broad SMARTS) is 1. The average molecular weight is 424 g/mol. The van der Waals surface area contributed by atoms with Gasteiger partial charge in [0.05, 0.1) is 10.5 Å². The lowest BCUT2D eigenvalue weighted by molar-refractivity contribution is 0.0696. The van der Waals surface area contributed by atoms with Gasteiger partial charge in [0.2, 0.25) is 0 Å². The van der Waals surface area contributed by atoms with E-state index in [1.807, 2.05) is 43.3 Å². The Kier molecular flexibility index (Phi) is 6.27. The van der Waals surface area contributed by atoms with Crippen LogP contribution in [0.4, 0.5) is 5.69 Å². The number of carboxylic acids is 1. The maximum atomic E-state index is 13.0. The van der Waals surface area contributed by atoms with E-state index >= 15 is 0 Å². The van der Waals surface area contributed by atoms with Crippen LogP contribution in [0.25, 0.3) is 0 Å². The minimum absolute atomic E-state index is 0.262. The van der Waals surface area contributed by atoms with Gasteiger partial charge in [0.25, 0.3) is 10.0 Å². The lowest BCUT2D eigenvalue weighted by Crippen LogP contribution is -2.16. The molecule has 0 radical (unpaired) electrons. The van der Waals surface area contributed by atoms with Crippen molar-refractivity contribution in [1.29, 1.82) is 0 Å². The van der Waals surface area contributed by atoms with E-state index in [1.54, 1.807) is 38.1 Å². The van der Waals surface area contributed by atoms with E-state index in [0.29, 0.717) is 23.4 Å². The minimum Gasteiger partial charge on any atom is -0.478 e. The van der Waals surface area contributed by atoms with E-state index < -0.39 is 16.0 Å². The molecule has 0 aliphatic heterocycles. The standard InChI is InChI=1S/C24H25NO4S/c1-16-12-17(2)23(18(3)13-16)30(28,29)25-22-9-5-7-20(15-22)11-10-19-6-4-8-21(14-19)24(26)27/h4-9,12-15,25H,10-11H2,1-3H3,(H,26,27). The Morgan fingerprint density at radius 3 is 2.03 bits per heavy atom. The fraction of sp³-hybridized carbons (Fsp3) is 0.208. The third kappa shape index (κ3) is 5.07. The molecule has 30 heavy (non-hydrogen) atoms. The van der Waals surface area contributed by atoms with Crippen LogP contribution in [0.1, 0.15) is 38.2 Å². The van der Waals surface area contributed by atoms with E-state index in [1.165, 1.54) is 0 Å². The van der Waals surface area contributed by atoms with Gasteiger partial charge in [-0.05, 0) is 80.1 Å². The second-order valence-corrected chi connectivity index (χ2v) is 9.16. The van der Waals surface area contributed by atoms with Crippen molar-refractivity contribution in [3.05, 3.63) is 94.0 Å². The number of sulfonamides is 1. The molecule has 0 atom stereocenters. The van der Waals surface area contributed by atoms with Crippen molar-refractivity contribution in [3.8, 4) is 0 Å². The molecule has 0 saturated heterocycles. The number of benzene rings is 3. The van der Waals surface area contributed by atoms with Gasteiger partial charge < -0.3 is 5.11 Å². The summed E-state index contributed by atoms with van der Waals surface area (Å²) in [5.41, 5.74) is 5.12. The third-order valence-electron chi connectivity index (χ3n) is 4.93. The molecule has 0 aliphatic rings. The second-order valence-electron chi connectivity index (χ2n) is 7.54. The zero-order chi connectivity index (χ0) is 21.9. The summed E-state index contributed by atoms with van der Waals surface area (Å²) in [4.78, 5) is 11.4. The van der Waals surface area contributed by atoms with Crippen molar-refractivity contribution >= 4 is 21.7 Å². The molecule has 2 N–H and O–H groups in total. The molecule has 0 amide bonds. The second kappa shape index (κ2) is 8.71. The van der Waals surface area contributed by atoms with Crippen LogP contribution < -0.4 is 4.72 Å². The van der Waals surface area contributed by atoms with Crippen LogP contribution in [0.2, 0.25) is 0 Å². The molecular formula is C24H25NO4S. The number of anilines is 1. The zero-order valence-electron chi connectivity index (χ0n) is 17.3. The summed E-state index contributed by atoms with van der Waals surface area (Å²) >= 11 is 0. The summed E-state index contributed by atoms with van der Waals surface area (Å²) in [6.07, 6.45) is 1.33. The van der Waals surface area contributed by atoms with Crippen LogP contribution >= 0.6 is 0 Å². The van der Waals surface area contributed by atoms with Gasteiger partial charge in [-0.1, -0.05) is 42.0 Å². The molecule has 0 unspecified atom stereocenters. The Balaban J connectivity index is 1.77. The summed E-state index contributed by atoms with van der Waals surface area (Å²) in [5.74, 6) is -0.949. The molecule has 156 valence electrons. The molecule has 0 fully saturated rings. The van der Waals surface area contributed by atoms with Crippen molar-refractivity contribution in [2.75, 3.05) is 4.72 Å². The zero-order valence-corrected chi connectivity index (χ0v) is 18.1. The quantitative estimate of drug-likeness (QED) is 0.566. The molecular weight excluding hydrogens is 398 g/mol. The van der Waals surface area contributed by atoms with E-state index in [2.05, 4.69) is 4.72 Å². The summed E-state index contributed by atoms with van der Waals surface area (Å²) < 4.78 is 28.7. The Bertz CT molecular complexity index is 1180. The Labute approximate surface area is 177 Å². The monoisotopic (exact) mass is 423 g/mol. The van der Waals surface area contributed by atoms with Gasteiger partial charge in [0.15, 0.2) is 0 Å². The number of aryl methyl sites for hydroxylation is 5. The predicted molar refractivity (Wildman–Crippen MR) is 119 cm³/mol. The first-order valence-corrected chi connectivity index (χ1v) is 11.2. The number of rotatable bonds is 7. The van der Waals surface area contributed by atoms with Gasteiger partial charge in [-0.15, -0.1) is 0 Å². The minimum atomic E-state index is -3.71. The number of aromatic carboxylic acids is 1. The predicted octanol–water partition coefficient (Wildman–Crippen LogP) is 4.90. The van der Waals surface area contributed by atoms with Gasteiger partial charge in [0.1, 0.15) is 0 Å². The van der Waals surface area contributed by atoms with Crippen LogP contribution in [0, 0.1) is 20.8 Å². The molecule has 0 bridgehead atoms. The molecule has 0 spiro atoms. The fourth-order valence-corrected chi connectivity index (χ4v) is 5.24. The Morgan fingerprint density at radius 2 is 1.43 bits per heavy atom. The Morgan fingerprint density at radius 1 is 0.867 bits per heavy atom. The number of carbonyl (C=O) groups is 1. The summed E-state index contributed by atoms with van der Waals surface area (Å²) in [6, 6.07) is 17.9. The summed E-state index contributed by atoms with van der Waals surface area (Å²) in [5, 5.41) is 9.12. The largest absolute Gasteiger partial charge is 0.478 e. The lowest BCUT2D eigenvalue weighted by Gasteiger charge is -2.14. The van der Waals surface area contributed by atoms with E-state index in [4.69, 9.17) is 5.11 Å². The summed E-state index contributed by atoms with van der Waals surface area (Å²) in [6.45, 7) is 5.55. The van der Waals surface area contributed by atoms with Gasteiger partial charge in [-0.3, -0.25) is 4.72 Å². The lowest BCUT2D eigenvalue weighted by atomic mass is 10.0. The molecule has 3 aromatic rings. The normalized spacial score (nSPS) is 11.3. The highest BCUT2D eigenvalue weighted by molar-refractivity contribution is 7.92.